The van der Waals surface area contributed by atoms with E-state index in [2.05, 4.69) is 36.1 Å². The lowest BCUT2D eigenvalue weighted by molar-refractivity contribution is 0.0948. The average molecular weight is 382 g/mol. The minimum absolute atomic E-state index is 0.264. The van der Waals surface area contributed by atoms with Gasteiger partial charge in [-0.15, -0.1) is 5.10 Å². The molecule has 1 atom stereocenters. The number of carbonyl (C=O) groups excluding carboxylic acids is 1. The highest BCUT2D eigenvalue weighted by atomic mass is 16.5. The third kappa shape index (κ3) is 4.58. The Balaban J connectivity index is 1.25. The molecule has 3 aromatic rings. The standard InChI is InChI=1S/C18H22N8O2/c27-18(15-12-26(25-23-15)11-13-3-1-6-19-9-13)21-8-5-16-22-17(24-28-16)14-4-2-7-20-10-14/h2,4,7,10,12-13,19H,1,3,5-6,8-9,11H2,(H,21,27). The van der Waals surface area contributed by atoms with Crippen LogP contribution in [0, 0.1) is 5.92 Å². The molecule has 1 amide bonds. The fraction of sp³-hybridized carbons (Fsp3) is 0.444. The van der Waals surface area contributed by atoms with E-state index in [0.29, 0.717) is 36.3 Å². The first kappa shape index (κ1) is 18.2. The van der Waals surface area contributed by atoms with Crippen LogP contribution in [0.5, 0.6) is 0 Å². The third-order valence-electron chi connectivity index (χ3n) is 4.63. The number of aromatic nitrogens is 6. The monoisotopic (exact) mass is 382 g/mol. The maximum Gasteiger partial charge on any atom is 0.273 e. The molecule has 0 bridgehead atoms. The average Bonchev–Trinajstić information content (AvgIpc) is 3.39. The Hall–Kier alpha value is -3.14. The highest BCUT2D eigenvalue weighted by molar-refractivity contribution is 5.91. The van der Waals surface area contributed by atoms with Crippen LogP contribution in [0.25, 0.3) is 11.4 Å². The highest BCUT2D eigenvalue weighted by Gasteiger charge is 2.16. The number of nitrogens with zero attached hydrogens (tertiary/aromatic N) is 6. The Kier molecular flexibility index (Phi) is 5.66. The Morgan fingerprint density at radius 3 is 3.21 bits per heavy atom. The largest absolute Gasteiger partial charge is 0.350 e. The van der Waals surface area contributed by atoms with Crippen LogP contribution < -0.4 is 10.6 Å². The van der Waals surface area contributed by atoms with Crippen LogP contribution >= 0.6 is 0 Å². The minimum Gasteiger partial charge on any atom is -0.350 e. The van der Waals surface area contributed by atoms with Gasteiger partial charge >= 0.3 is 0 Å². The number of pyridine rings is 1. The van der Waals surface area contributed by atoms with E-state index in [1.54, 1.807) is 23.3 Å². The molecule has 0 aliphatic carbocycles. The van der Waals surface area contributed by atoms with Gasteiger partial charge in [-0.1, -0.05) is 10.4 Å². The lowest BCUT2D eigenvalue weighted by Crippen LogP contribution is -2.32. The predicted octanol–water partition coefficient (Wildman–Crippen LogP) is 0.695. The Morgan fingerprint density at radius 2 is 2.39 bits per heavy atom. The zero-order valence-electron chi connectivity index (χ0n) is 15.4. The molecule has 10 nitrogen and oxygen atoms in total. The summed E-state index contributed by atoms with van der Waals surface area (Å²) in [6.45, 7) is 3.19. The smallest absolute Gasteiger partial charge is 0.273 e. The zero-order chi connectivity index (χ0) is 19.2. The number of nitrogens with one attached hydrogen (secondary N) is 2. The molecule has 0 saturated carbocycles. The molecule has 0 spiro atoms. The van der Waals surface area contributed by atoms with E-state index in [9.17, 15) is 4.79 Å². The fourth-order valence-electron chi connectivity index (χ4n) is 3.18. The molecule has 146 valence electrons. The molecule has 10 heteroatoms. The minimum atomic E-state index is -0.264. The number of amides is 1. The van der Waals surface area contributed by atoms with Crippen molar-refractivity contribution >= 4 is 5.91 Å². The van der Waals surface area contributed by atoms with Crippen molar-refractivity contribution in [3.05, 3.63) is 42.3 Å². The predicted molar refractivity (Wildman–Crippen MR) is 99.2 cm³/mol. The van der Waals surface area contributed by atoms with Crippen molar-refractivity contribution in [1.29, 1.82) is 0 Å². The van der Waals surface area contributed by atoms with Crippen LogP contribution in [0.1, 0.15) is 29.2 Å². The van der Waals surface area contributed by atoms with Crippen LogP contribution in [-0.4, -0.2) is 55.7 Å². The summed E-state index contributed by atoms with van der Waals surface area (Å²) in [7, 11) is 0. The van der Waals surface area contributed by atoms with Crippen molar-refractivity contribution in [2.45, 2.75) is 25.8 Å². The van der Waals surface area contributed by atoms with Crippen molar-refractivity contribution in [2.75, 3.05) is 19.6 Å². The number of carbonyl (C=O) groups is 1. The third-order valence-corrected chi connectivity index (χ3v) is 4.63. The second-order valence-corrected chi connectivity index (χ2v) is 6.80. The second kappa shape index (κ2) is 8.70. The first-order valence-electron chi connectivity index (χ1n) is 9.40. The normalized spacial score (nSPS) is 16.8. The quantitative estimate of drug-likeness (QED) is 0.612. The molecule has 28 heavy (non-hydrogen) atoms. The first-order chi connectivity index (χ1) is 13.8. The summed E-state index contributed by atoms with van der Waals surface area (Å²) >= 11 is 0. The van der Waals surface area contributed by atoms with E-state index in [1.807, 2.05) is 12.1 Å². The Bertz CT molecular complexity index is 901. The molecule has 0 aromatic carbocycles. The van der Waals surface area contributed by atoms with E-state index < -0.39 is 0 Å². The molecular weight excluding hydrogens is 360 g/mol. The van der Waals surface area contributed by atoms with Crippen molar-refractivity contribution in [2.24, 2.45) is 5.92 Å². The van der Waals surface area contributed by atoms with Crippen molar-refractivity contribution in [3.63, 3.8) is 0 Å². The summed E-state index contributed by atoms with van der Waals surface area (Å²) in [6, 6.07) is 3.67. The van der Waals surface area contributed by atoms with Crippen LogP contribution in [0.4, 0.5) is 0 Å². The molecule has 2 N–H and O–H groups in total. The zero-order valence-corrected chi connectivity index (χ0v) is 15.4. The maximum atomic E-state index is 12.3. The van der Waals surface area contributed by atoms with Gasteiger partial charge in [-0.05, 0) is 44.0 Å². The lowest BCUT2D eigenvalue weighted by Gasteiger charge is -2.22. The van der Waals surface area contributed by atoms with E-state index in [4.69, 9.17) is 4.52 Å². The molecule has 3 aromatic heterocycles. The lowest BCUT2D eigenvalue weighted by atomic mass is 10.00. The van der Waals surface area contributed by atoms with Gasteiger partial charge in [0.25, 0.3) is 5.91 Å². The van der Waals surface area contributed by atoms with Crippen molar-refractivity contribution in [1.82, 2.24) is 40.8 Å². The van der Waals surface area contributed by atoms with Crippen molar-refractivity contribution in [3.8, 4) is 11.4 Å². The first-order valence-corrected chi connectivity index (χ1v) is 9.40. The Labute approximate surface area is 161 Å². The molecule has 1 unspecified atom stereocenters. The van der Waals surface area contributed by atoms with Gasteiger partial charge in [-0.25, -0.2) is 0 Å². The van der Waals surface area contributed by atoms with Crippen LogP contribution in [0.2, 0.25) is 0 Å². The summed E-state index contributed by atoms with van der Waals surface area (Å²) in [6.07, 6.45) is 7.81. The molecule has 1 aliphatic heterocycles. The van der Waals surface area contributed by atoms with Gasteiger partial charge in [-0.2, -0.15) is 4.98 Å². The van der Waals surface area contributed by atoms with Gasteiger partial charge < -0.3 is 15.2 Å². The maximum absolute atomic E-state index is 12.3. The molecule has 1 fully saturated rings. The van der Waals surface area contributed by atoms with E-state index in [-0.39, 0.29) is 5.91 Å². The van der Waals surface area contributed by atoms with E-state index >= 15 is 0 Å². The van der Waals surface area contributed by atoms with Crippen LogP contribution in [-0.2, 0) is 13.0 Å². The SMILES string of the molecule is O=C(NCCc1nc(-c2cccnc2)no1)c1cn(CC2CCCNC2)nn1. The highest BCUT2D eigenvalue weighted by Crippen LogP contribution is 2.14. The molecule has 4 heterocycles. The number of hydrogen-bond donors (Lipinski definition) is 2. The van der Waals surface area contributed by atoms with Crippen LogP contribution in [0.15, 0.2) is 35.2 Å². The molecular formula is C18H22N8O2. The van der Waals surface area contributed by atoms with E-state index in [0.717, 1.165) is 25.2 Å². The van der Waals surface area contributed by atoms with Crippen molar-refractivity contribution < 1.29 is 9.32 Å². The van der Waals surface area contributed by atoms with Crippen LogP contribution in [0.3, 0.4) is 0 Å². The van der Waals surface area contributed by atoms with Gasteiger partial charge in [-0.3, -0.25) is 14.5 Å². The number of piperidine rings is 1. The van der Waals surface area contributed by atoms with Gasteiger partial charge in [0, 0.05) is 37.5 Å². The van der Waals surface area contributed by atoms with Gasteiger partial charge in [0.2, 0.25) is 11.7 Å². The Morgan fingerprint density at radius 1 is 1.43 bits per heavy atom. The van der Waals surface area contributed by atoms with Gasteiger partial charge in [0.15, 0.2) is 5.69 Å². The summed E-state index contributed by atoms with van der Waals surface area (Å²) in [5.74, 6) is 1.19. The molecule has 1 aliphatic rings. The molecule has 4 rings (SSSR count). The van der Waals surface area contributed by atoms with Gasteiger partial charge in [0.1, 0.15) is 0 Å². The number of hydrogen-bond acceptors (Lipinski definition) is 8. The summed E-state index contributed by atoms with van der Waals surface area (Å²) < 4.78 is 6.96. The van der Waals surface area contributed by atoms with Gasteiger partial charge in [0.05, 0.1) is 6.20 Å². The molecule has 0 radical (unpaired) electrons. The second-order valence-electron chi connectivity index (χ2n) is 6.80. The number of rotatable bonds is 7. The molecule has 1 saturated heterocycles. The topological polar surface area (TPSA) is 124 Å². The fourth-order valence-corrected chi connectivity index (χ4v) is 3.18. The van der Waals surface area contributed by atoms with E-state index in [1.165, 1.54) is 12.8 Å². The summed E-state index contributed by atoms with van der Waals surface area (Å²) in [5.41, 5.74) is 1.09. The summed E-state index contributed by atoms with van der Waals surface area (Å²) in [4.78, 5) is 20.6. The summed E-state index contributed by atoms with van der Waals surface area (Å²) in [5, 5.41) is 18.2.